The topological polar surface area (TPSA) is 60.0 Å². The lowest BCUT2D eigenvalue weighted by molar-refractivity contribution is 0.0162. The molecule has 2 N–H and O–H groups in total. The molecular weight excluding hydrogens is 246 g/mol. The predicted molar refractivity (Wildman–Crippen MR) is 73.8 cm³/mol. The monoisotopic (exact) mass is 269 g/mol. The highest BCUT2D eigenvalue weighted by molar-refractivity contribution is 5.40. The van der Waals surface area contributed by atoms with Crippen molar-refractivity contribution in [3.05, 3.63) is 23.8 Å². The average Bonchev–Trinajstić information content (AvgIpc) is 2.44. The normalized spacial score (nSPS) is 12.2. The molecule has 0 spiro atoms. The first-order chi connectivity index (χ1) is 9.21. The summed E-state index contributed by atoms with van der Waals surface area (Å²) in [6, 6.07) is 5.65. The Morgan fingerprint density at radius 1 is 1.32 bits per heavy atom. The molecule has 1 rings (SSSR count). The molecule has 108 valence electrons. The van der Waals surface area contributed by atoms with Crippen LogP contribution in [0.4, 0.5) is 0 Å². The van der Waals surface area contributed by atoms with Crippen LogP contribution in [0.15, 0.2) is 18.2 Å². The summed E-state index contributed by atoms with van der Waals surface area (Å²) in [5.74, 6) is 1.44. The van der Waals surface area contributed by atoms with E-state index in [9.17, 15) is 5.11 Å². The molecule has 0 aliphatic rings. The lowest BCUT2D eigenvalue weighted by Crippen LogP contribution is -2.24. The molecule has 0 aliphatic heterocycles. The highest BCUT2D eigenvalue weighted by atomic mass is 16.5. The van der Waals surface area contributed by atoms with E-state index < -0.39 is 6.10 Å². The van der Waals surface area contributed by atoms with E-state index in [0.717, 1.165) is 11.3 Å². The largest absolute Gasteiger partial charge is 0.497 e. The second-order valence-corrected chi connectivity index (χ2v) is 4.13. The van der Waals surface area contributed by atoms with Crippen LogP contribution in [0.3, 0.4) is 0 Å². The number of benzene rings is 1. The third kappa shape index (κ3) is 5.46. The van der Waals surface area contributed by atoms with Gasteiger partial charge in [0.05, 0.1) is 13.7 Å². The summed E-state index contributed by atoms with van der Waals surface area (Å²) >= 11 is 0. The van der Waals surface area contributed by atoms with Gasteiger partial charge in [0.15, 0.2) is 0 Å². The molecule has 0 saturated heterocycles. The first kappa shape index (κ1) is 15.8. The van der Waals surface area contributed by atoms with E-state index in [0.29, 0.717) is 18.9 Å². The Hall–Kier alpha value is -1.30. The fourth-order valence-electron chi connectivity index (χ4n) is 1.62. The maximum absolute atomic E-state index is 9.69. The summed E-state index contributed by atoms with van der Waals surface area (Å²) in [6.45, 7) is 3.65. The van der Waals surface area contributed by atoms with Crippen molar-refractivity contribution in [2.24, 2.45) is 0 Å². The van der Waals surface area contributed by atoms with E-state index in [1.165, 1.54) is 0 Å². The van der Waals surface area contributed by atoms with Gasteiger partial charge in [0.1, 0.15) is 24.2 Å². The molecule has 0 bridgehead atoms. The molecule has 1 aromatic rings. The van der Waals surface area contributed by atoms with Gasteiger partial charge in [-0.25, -0.2) is 0 Å². The van der Waals surface area contributed by atoms with Crippen LogP contribution in [-0.2, 0) is 11.3 Å². The van der Waals surface area contributed by atoms with Gasteiger partial charge in [-0.2, -0.15) is 0 Å². The number of hydrogen-bond acceptors (Lipinski definition) is 5. The van der Waals surface area contributed by atoms with Crippen LogP contribution < -0.4 is 14.8 Å². The molecule has 1 atom stereocenters. The van der Waals surface area contributed by atoms with Crippen LogP contribution in [0.5, 0.6) is 11.5 Å². The van der Waals surface area contributed by atoms with Gasteiger partial charge in [0.2, 0.25) is 0 Å². The summed E-state index contributed by atoms with van der Waals surface area (Å²) in [6.07, 6.45) is -0.631. The van der Waals surface area contributed by atoms with E-state index in [1.54, 1.807) is 7.11 Å². The van der Waals surface area contributed by atoms with Crippen LogP contribution in [0.25, 0.3) is 0 Å². The highest BCUT2D eigenvalue weighted by Gasteiger charge is 2.09. The van der Waals surface area contributed by atoms with Crippen molar-refractivity contribution in [2.45, 2.75) is 19.6 Å². The van der Waals surface area contributed by atoms with E-state index in [4.69, 9.17) is 14.2 Å². The standard InChI is InChI=1S/C14H23NO4/c1-4-18-9-12(16)10-19-14-7-13(17-3)6-5-11(14)8-15-2/h5-7,12,15-16H,4,8-10H2,1-3H3. The van der Waals surface area contributed by atoms with Gasteiger partial charge >= 0.3 is 0 Å². The van der Waals surface area contributed by atoms with E-state index in [1.807, 2.05) is 32.2 Å². The molecule has 0 aromatic heterocycles. The molecule has 0 saturated carbocycles. The zero-order chi connectivity index (χ0) is 14.1. The number of aliphatic hydroxyl groups is 1. The Morgan fingerprint density at radius 3 is 2.74 bits per heavy atom. The van der Waals surface area contributed by atoms with Gasteiger partial charge in [0.25, 0.3) is 0 Å². The van der Waals surface area contributed by atoms with Gasteiger partial charge in [-0.05, 0) is 20.0 Å². The van der Waals surface area contributed by atoms with Crippen molar-refractivity contribution >= 4 is 0 Å². The smallest absolute Gasteiger partial charge is 0.127 e. The van der Waals surface area contributed by atoms with Gasteiger partial charge in [-0.15, -0.1) is 0 Å². The summed E-state index contributed by atoms with van der Waals surface area (Å²) in [5, 5.41) is 12.8. The van der Waals surface area contributed by atoms with Crippen molar-refractivity contribution in [1.29, 1.82) is 0 Å². The van der Waals surface area contributed by atoms with Crippen LogP contribution in [0, 0.1) is 0 Å². The maximum Gasteiger partial charge on any atom is 0.127 e. The molecule has 19 heavy (non-hydrogen) atoms. The molecule has 0 amide bonds. The minimum absolute atomic E-state index is 0.198. The molecule has 1 unspecified atom stereocenters. The SMILES string of the molecule is CCOCC(O)COc1cc(OC)ccc1CNC. The average molecular weight is 269 g/mol. The first-order valence-electron chi connectivity index (χ1n) is 6.41. The molecule has 0 heterocycles. The minimum Gasteiger partial charge on any atom is -0.497 e. The molecule has 0 aliphatic carbocycles. The molecule has 0 fully saturated rings. The van der Waals surface area contributed by atoms with Crippen molar-refractivity contribution < 1.29 is 19.3 Å². The maximum atomic E-state index is 9.69. The fourth-order valence-corrected chi connectivity index (χ4v) is 1.62. The van der Waals surface area contributed by atoms with Crippen molar-refractivity contribution in [1.82, 2.24) is 5.32 Å². The van der Waals surface area contributed by atoms with Crippen LogP contribution in [-0.4, -0.2) is 45.2 Å². The van der Waals surface area contributed by atoms with Crippen molar-refractivity contribution in [2.75, 3.05) is 34.0 Å². The number of methoxy groups -OCH3 is 1. The Bertz CT molecular complexity index is 370. The Balaban J connectivity index is 2.63. The highest BCUT2D eigenvalue weighted by Crippen LogP contribution is 2.24. The predicted octanol–water partition coefficient (Wildman–Crippen LogP) is 1.19. The molecule has 5 heteroatoms. The minimum atomic E-state index is -0.631. The summed E-state index contributed by atoms with van der Waals surface area (Å²) < 4.78 is 16.0. The van der Waals surface area contributed by atoms with E-state index in [2.05, 4.69) is 5.32 Å². The van der Waals surface area contributed by atoms with Gasteiger partial charge in [-0.1, -0.05) is 6.07 Å². The zero-order valence-corrected chi connectivity index (χ0v) is 11.8. The molecule has 1 aromatic carbocycles. The van der Waals surface area contributed by atoms with Crippen LogP contribution in [0.1, 0.15) is 12.5 Å². The van der Waals surface area contributed by atoms with Gasteiger partial charge < -0.3 is 24.6 Å². The lowest BCUT2D eigenvalue weighted by atomic mass is 10.2. The third-order valence-electron chi connectivity index (χ3n) is 2.59. The van der Waals surface area contributed by atoms with Crippen LogP contribution >= 0.6 is 0 Å². The summed E-state index contributed by atoms with van der Waals surface area (Å²) in [4.78, 5) is 0. The second-order valence-electron chi connectivity index (χ2n) is 4.13. The number of rotatable bonds is 9. The molecule has 5 nitrogen and oxygen atoms in total. The number of ether oxygens (including phenoxy) is 3. The van der Waals surface area contributed by atoms with E-state index in [-0.39, 0.29) is 13.2 Å². The Kier molecular flexibility index (Phi) is 7.25. The Labute approximate surface area is 114 Å². The summed E-state index contributed by atoms with van der Waals surface area (Å²) in [5.41, 5.74) is 1.02. The van der Waals surface area contributed by atoms with Crippen molar-refractivity contribution in [3.63, 3.8) is 0 Å². The summed E-state index contributed by atoms with van der Waals surface area (Å²) in [7, 11) is 3.48. The van der Waals surface area contributed by atoms with Gasteiger partial charge in [0, 0.05) is 24.8 Å². The zero-order valence-electron chi connectivity index (χ0n) is 11.8. The number of aliphatic hydroxyl groups excluding tert-OH is 1. The van der Waals surface area contributed by atoms with Gasteiger partial charge in [-0.3, -0.25) is 0 Å². The van der Waals surface area contributed by atoms with E-state index >= 15 is 0 Å². The number of nitrogens with one attached hydrogen (secondary N) is 1. The Morgan fingerprint density at radius 2 is 2.11 bits per heavy atom. The molecular formula is C14H23NO4. The molecule has 0 radical (unpaired) electrons. The first-order valence-corrected chi connectivity index (χ1v) is 6.41. The second kappa shape index (κ2) is 8.74. The number of hydrogen-bond donors (Lipinski definition) is 2. The van der Waals surface area contributed by atoms with Crippen molar-refractivity contribution in [3.8, 4) is 11.5 Å². The lowest BCUT2D eigenvalue weighted by Gasteiger charge is -2.15. The quantitative estimate of drug-likeness (QED) is 0.705. The van der Waals surface area contributed by atoms with Crippen LogP contribution in [0.2, 0.25) is 0 Å². The third-order valence-corrected chi connectivity index (χ3v) is 2.59. The fraction of sp³-hybridized carbons (Fsp3) is 0.571.